The van der Waals surface area contributed by atoms with E-state index < -0.39 is 48.4 Å². The van der Waals surface area contributed by atoms with Gasteiger partial charge >= 0.3 is 17.6 Å². The summed E-state index contributed by atoms with van der Waals surface area (Å²) in [6.07, 6.45) is -0.399. The highest BCUT2D eigenvalue weighted by Crippen LogP contribution is 2.41. The zero-order valence-corrected chi connectivity index (χ0v) is 18.0. The average Bonchev–Trinajstić information content (AvgIpc) is 3.04. The molecule has 0 saturated carbocycles. The van der Waals surface area contributed by atoms with Gasteiger partial charge in [0, 0.05) is 24.0 Å². The molecule has 1 aromatic heterocycles. The van der Waals surface area contributed by atoms with E-state index in [1.54, 1.807) is 0 Å². The summed E-state index contributed by atoms with van der Waals surface area (Å²) in [6.45, 7) is 2.88. The maximum Gasteiger partial charge on any atom is 0.351 e. The molecular weight excluding hydrogens is 424 g/mol. The first-order chi connectivity index (χ1) is 15.3. The SMILES string of the molecule is CCCCC(=O)OC1[C@@H](OC(=O)CCCC)C(n2ccc(N)nc2=O)O[C@]1(CO)N=[N+]=[N-]. The molecule has 2 unspecified atom stereocenters. The number of carbonyl (C=O) groups is 2. The van der Waals surface area contributed by atoms with Crippen LogP contribution >= 0.6 is 0 Å². The third-order valence-corrected chi connectivity index (χ3v) is 4.91. The number of unbranched alkanes of at least 4 members (excludes halogenated alkanes) is 2. The summed E-state index contributed by atoms with van der Waals surface area (Å²) in [6, 6.07) is 1.31. The number of esters is 2. The number of nitrogens with two attached hydrogens (primary N) is 1. The Morgan fingerprint density at radius 3 is 2.47 bits per heavy atom. The lowest BCUT2D eigenvalue weighted by molar-refractivity contribution is -0.173. The van der Waals surface area contributed by atoms with Crippen LogP contribution in [0.25, 0.3) is 10.4 Å². The highest BCUT2D eigenvalue weighted by molar-refractivity contribution is 5.71. The number of aliphatic hydroxyl groups is 1. The van der Waals surface area contributed by atoms with E-state index in [1.807, 2.05) is 13.8 Å². The van der Waals surface area contributed by atoms with E-state index >= 15 is 0 Å². The summed E-state index contributed by atoms with van der Waals surface area (Å²) in [5, 5.41) is 13.5. The zero-order chi connectivity index (χ0) is 23.7. The van der Waals surface area contributed by atoms with E-state index in [1.165, 1.54) is 12.3 Å². The summed E-state index contributed by atoms with van der Waals surface area (Å²) < 4.78 is 17.7. The maximum absolute atomic E-state index is 12.4. The van der Waals surface area contributed by atoms with Gasteiger partial charge in [-0.2, -0.15) is 4.98 Å². The molecule has 3 N–H and O–H groups in total. The normalized spacial score (nSPS) is 24.5. The predicted molar refractivity (Wildman–Crippen MR) is 111 cm³/mol. The summed E-state index contributed by atoms with van der Waals surface area (Å²) in [5.41, 5.74) is 11.6. The minimum Gasteiger partial charge on any atom is -0.455 e. The van der Waals surface area contributed by atoms with Crippen LogP contribution in [0, 0.1) is 0 Å². The lowest BCUT2D eigenvalue weighted by atomic mass is 10.0. The maximum atomic E-state index is 12.4. The van der Waals surface area contributed by atoms with Crippen molar-refractivity contribution in [2.75, 3.05) is 12.3 Å². The van der Waals surface area contributed by atoms with Crippen molar-refractivity contribution < 1.29 is 28.9 Å². The lowest BCUT2D eigenvalue weighted by Gasteiger charge is -2.28. The van der Waals surface area contributed by atoms with Crippen LogP contribution in [0.4, 0.5) is 5.82 Å². The molecule has 13 heteroatoms. The van der Waals surface area contributed by atoms with Gasteiger partial charge in [-0.15, -0.1) is 0 Å². The second kappa shape index (κ2) is 11.5. The number of azide groups is 1. The lowest BCUT2D eigenvalue weighted by Crippen LogP contribution is -2.48. The first-order valence-corrected chi connectivity index (χ1v) is 10.4. The Morgan fingerprint density at radius 2 is 1.94 bits per heavy atom. The van der Waals surface area contributed by atoms with Gasteiger partial charge in [0.1, 0.15) is 5.82 Å². The van der Waals surface area contributed by atoms with Gasteiger partial charge in [0.15, 0.2) is 18.4 Å². The standard InChI is InChI=1S/C19H28N6O7/c1-3-5-7-13(27)30-15-16(31-14(28)8-6-4-2)19(11-26,23-24-21)32-17(15)25-10-9-12(20)22-18(25)29/h9-10,15-17,26H,3-8,11H2,1-2H3,(H2,20,22,29)/t15-,16?,17?,19+/m1/s1. The first-order valence-electron chi connectivity index (χ1n) is 10.4. The van der Waals surface area contributed by atoms with E-state index in [0.29, 0.717) is 12.8 Å². The largest absolute Gasteiger partial charge is 0.455 e. The molecule has 0 aromatic carbocycles. The second-order valence-corrected chi connectivity index (χ2v) is 7.32. The Labute approximate surface area is 184 Å². The van der Waals surface area contributed by atoms with Gasteiger partial charge in [0.25, 0.3) is 0 Å². The molecule has 1 aliphatic rings. The predicted octanol–water partition coefficient (Wildman–Crippen LogP) is 1.56. The third kappa shape index (κ3) is 5.75. The molecule has 1 fully saturated rings. The Hall–Kier alpha value is -3.15. The van der Waals surface area contributed by atoms with Crippen molar-refractivity contribution in [3.05, 3.63) is 33.2 Å². The van der Waals surface area contributed by atoms with Crippen LogP contribution in [0.1, 0.15) is 58.6 Å². The monoisotopic (exact) mass is 452 g/mol. The number of rotatable bonds is 11. The smallest absolute Gasteiger partial charge is 0.351 e. The van der Waals surface area contributed by atoms with Crippen LogP contribution in [0.3, 0.4) is 0 Å². The summed E-state index contributed by atoms with van der Waals surface area (Å²) in [5.74, 6) is -1.35. The minimum absolute atomic E-state index is 0.0493. The molecule has 0 amide bonds. The van der Waals surface area contributed by atoms with Crippen molar-refractivity contribution in [1.82, 2.24) is 9.55 Å². The van der Waals surface area contributed by atoms with E-state index in [9.17, 15) is 19.5 Å². The fourth-order valence-corrected chi connectivity index (χ4v) is 3.23. The summed E-state index contributed by atoms with van der Waals surface area (Å²) >= 11 is 0. The van der Waals surface area contributed by atoms with Gasteiger partial charge in [-0.25, -0.2) is 4.79 Å². The number of nitrogen functional groups attached to an aromatic ring is 1. The van der Waals surface area contributed by atoms with Crippen LogP contribution in [0.2, 0.25) is 0 Å². The van der Waals surface area contributed by atoms with E-state index in [0.717, 1.165) is 17.4 Å². The van der Waals surface area contributed by atoms with Crippen LogP contribution in [-0.4, -0.2) is 51.1 Å². The molecular formula is C19H28N6O7. The molecule has 2 rings (SSSR count). The molecule has 4 atom stereocenters. The average molecular weight is 452 g/mol. The number of aromatic nitrogens is 2. The van der Waals surface area contributed by atoms with E-state index in [-0.39, 0.29) is 18.7 Å². The van der Waals surface area contributed by atoms with Gasteiger partial charge in [0.05, 0.1) is 6.61 Å². The first kappa shape index (κ1) is 25.1. The molecule has 13 nitrogen and oxygen atoms in total. The Morgan fingerprint density at radius 1 is 1.31 bits per heavy atom. The topological polar surface area (TPSA) is 192 Å². The summed E-state index contributed by atoms with van der Waals surface area (Å²) in [4.78, 5) is 43.6. The minimum atomic E-state index is -2.13. The fourth-order valence-electron chi connectivity index (χ4n) is 3.23. The number of aliphatic hydroxyl groups excluding tert-OH is 1. The van der Waals surface area contributed by atoms with Crippen molar-refractivity contribution in [2.45, 2.75) is 76.5 Å². The molecule has 32 heavy (non-hydrogen) atoms. The molecule has 1 aromatic rings. The number of hydrogen-bond donors (Lipinski definition) is 2. The van der Waals surface area contributed by atoms with Crippen LogP contribution < -0.4 is 11.4 Å². The van der Waals surface area contributed by atoms with Crippen LogP contribution in [0.5, 0.6) is 0 Å². The third-order valence-electron chi connectivity index (χ3n) is 4.91. The Balaban J connectivity index is 2.52. The number of carbonyl (C=O) groups excluding carboxylic acids is 2. The van der Waals surface area contributed by atoms with Crippen molar-refractivity contribution >= 4 is 17.8 Å². The molecule has 0 spiro atoms. The number of ether oxygens (including phenoxy) is 3. The van der Waals surface area contributed by atoms with Gasteiger partial charge in [-0.3, -0.25) is 14.2 Å². The highest BCUT2D eigenvalue weighted by Gasteiger charge is 2.60. The van der Waals surface area contributed by atoms with Crippen molar-refractivity contribution in [3.63, 3.8) is 0 Å². The van der Waals surface area contributed by atoms with E-state index in [4.69, 9.17) is 25.5 Å². The molecule has 0 aliphatic carbocycles. The van der Waals surface area contributed by atoms with Crippen LogP contribution in [0.15, 0.2) is 22.2 Å². The zero-order valence-electron chi connectivity index (χ0n) is 18.0. The quantitative estimate of drug-likeness (QED) is 0.217. The molecule has 2 heterocycles. The summed E-state index contributed by atoms with van der Waals surface area (Å²) in [7, 11) is 0. The van der Waals surface area contributed by atoms with Gasteiger partial charge in [-0.05, 0) is 24.4 Å². The van der Waals surface area contributed by atoms with Crippen molar-refractivity contribution in [2.24, 2.45) is 5.11 Å². The van der Waals surface area contributed by atoms with Gasteiger partial charge in [-0.1, -0.05) is 31.8 Å². The number of hydrogen-bond acceptors (Lipinski definition) is 10. The van der Waals surface area contributed by atoms with Gasteiger partial charge < -0.3 is 25.1 Å². The molecule has 1 saturated heterocycles. The van der Waals surface area contributed by atoms with Crippen molar-refractivity contribution in [1.29, 1.82) is 0 Å². The van der Waals surface area contributed by atoms with Crippen LogP contribution in [-0.2, 0) is 23.8 Å². The highest BCUT2D eigenvalue weighted by atomic mass is 16.7. The molecule has 0 bridgehead atoms. The van der Waals surface area contributed by atoms with E-state index in [2.05, 4.69) is 15.0 Å². The number of nitrogens with zero attached hydrogens (tertiary/aromatic N) is 5. The second-order valence-electron chi connectivity index (χ2n) is 7.32. The Kier molecular flexibility index (Phi) is 9.00. The molecule has 1 aliphatic heterocycles. The number of anilines is 1. The van der Waals surface area contributed by atoms with Gasteiger partial charge in [0.2, 0.25) is 5.72 Å². The molecule has 0 radical (unpaired) electrons. The van der Waals surface area contributed by atoms with Crippen molar-refractivity contribution in [3.8, 4) is 0 Å². The molecule has 176 valence electrons. The fraction of sp³-hybridized carbons (Fsp3) is 0.684. The Bertz CT molecular complexity index is 916.